The van der Waals surface area contributed by atoms with Gasteiger partial charge in [-0.05, 0) is 62.8 Å². The van der Waals surface area contributed by atoms with Crippen LogP contribution in [0.25, 0.3) is 22.4 Å². The number of anilines is 1. The molecule has 0 aliphatic heterocycles. The average Bonchev–Trinajstić information content (AvgIpc) is 3.39. The van der Waals surface area contributed by atoms with Gasteiger partial charge in [-0.1, -0.05) is 5.16 Å². The third-order valence-corrected chi connectivity index (χ3v) is 7.28. The highest BCUT2D eigenvalue weighted by Crippen LogP contribution is 2.56. The highest BCUT2D eigenvalue weighted by molar-refractivity contribution is 5.97. The number of aromatic nitrogens is 4. The molecule has 3 N–H and O–H groups in total. The first-order valence-electron chi connectivity index (χ1n) is 11.0. The number of nitrogens with one attached hydrogen (secondary N) is 2. The molecule has 0 radical (unpaired) electrons. The van der Waals surface area contributed by atoms with E-state index in [0.717, 1.165) is 42.4 Å². The van der Waals surface area contributed by atoms with Crippen molar-refractivity contribution < 1.29 is 19.2 Å². The largest absolute Gasteiger partial charge is 0.459 e. The number of carbonyl (C=O) groups is 1. The summed E-state index contributed by atoms with van der Waals surface area (Å²) in [5.41, 5.74) is 1.46. The number of fused-ring (bicyclic) bond motifs is 1. The van der Waals surface area contributed by atoms with Crippen LogP contribution in [0.15, 0.2) is 23.0 Å². The topological polar surface area (TPSA) is 126 Å². The Morgan fingerprint density at radius 1 is 1.35 bits per heavy atom. The van der Waals surface area contributed by atoms with Gasteiger partial charge in [-0.3, -0.25) is 0 Å². The van der Waals surface area contributed by atoms with Crippen LogP contribution in [0.1, 0.15) is 49.7 Å². The number of ether oxygens (including phenoxy) is 1. The van der Waals surface area contributed by atoms with E-state index < -0.39 is 11.6 Å². The lowest BCUT2D eigenvalue weighted by Gasteiger charge is -2.59. The fraction of sp³-hybridized carbons (Fsp3) is 0.545. The Morgan fingerprint density at radius 3 is 2.90 bits per heavy atom. The van der Waals surface area contributed by atoms with E-state index in [9.17, 15) is 9.90 Å². The van der Waals surface area contributed by atoms with Crippen molar-refractivity contribution in [3.8, 4) is 11.4 Å². The van der Waals surface area contributed by atoms with Gasteiger partial charge in [-0.25, -0.2) is 9.78 Å². The van der Waals surface area contributed by atoms with Crippen molar-refractivity contribution in [1.82, 2.24) is 20.1 Å². The van der Waals surface area contributed by atoms with Gasteiger partial charge in [0, 0.05) is 17.8 Å². The summed E-state index contributed by atoms with van der Waals surface area (Å²) in [7, 11) is 0. The summed E-state index contributed by atoms with van der Waals surface area (Å²) in [5.74, 6) is 1.12. The zero-order valence-corrected chi connectivity index (χ0v) is 17.3. The maximum absolute atomic E-state index is 12.0. The van der Waals surface area contributed by atoms with Crippen LogP contribution in [0.3, 0.4) is 0 Å². The Morgan fingerprint density at radius 2 is 2.16 bits per heavy atom. The molecule has 0 spiro atoms. The Balaban J connectivity index is 1.40. The molecule has 4 fully saturated rings. The summed E-state index contributed by atoms with van der Waals surface area (Å²) in [5, 5.41) is 20.1. The molecular formula is C22H25N5O4. The molecule has 0 amide bonds. The number of esters is 1. The maximum atomic E-state index is 12.0. The minimum atomic E-state index is -0.703. The first-order chi connectivity index (χ1) is 15.0. The molecule has 4 saturated carbocycles. The molecule has 9 heteroatoms. The average molecular weight is 423 g/mol. The highest BCUT2D eigenvalue weighted by Gasteiger charge is 2.56. The predicted octanol–water partition coefficient (Wildman–Crippen LogP) is 3.14. The van der Waals surface area contributed by atoms with Gasteiger partial charge in [-0.2, -0.15) is 4.98 Å². The lowest BCUT2D eigenvalue weighted by Crippen LogP contribution is -2.63. The standard InChI is InChI=1S/C22H25N5O4/c1-2-30-21(28)20-26-19(27-31-20)15-10-24-18-14(3-4-23-18)16(15)25-17-13-6-11-5-12(7-13)9-22(17,29)8-11/h3-4,10-13,17,29H,2,5-9H2,1H3,(H2,23,24,25)/t11-,12?,13?,17+,22?/m0/s1. The van der Waals surface area contributed by atoms with E-state index in [0.29, 0.717) is 23.3 Å². The van der Waals surface area contributed by atoms with Crippen molar-refractivity contribution in [3.05, 3.63) is 24.4 Å². The first kappa shape index (κ1) is 18.8. The molecule has 0 aromatic carbocycles. The number of aliphatic hydroxyl groups is 1. The number of pyridine rings is 1. The van der Waals surface area contributed by atoms with E-state index in [1.54, 1.807) is 13.1 Å². The Labute approximate surface area is 178 Å². The number of aromatic amines is 1. The summed E-state index contributed by atoms with van der Waals surface area (Å²) in [6.45, 7) is 1.94. The number of hydrogen-bond acceptors (Lipinski definition) is 8. The molecule has 31 heavy (non-hydrogen) atoms. The molecule has 3 aromatic heterocycles. The Bertz CT molecular complexity index is 1140. The van der Waals surface area contributed by atoms with Crippen LogP contribution in [0.4, 0.5) is 5.69 Å². The van der Waals surface area contributed by atoms with Crippen molar-refractivity contribution in [2.24, 2.45) is 17.8 Å². The molecule has 4 aliphatic carbocycles. The number of H-pyrrole nitrogens is 1. The second-order valence-electron chi connectivity index (χ2n) is 9.26. The van der Waals surface area contributed by atoms with Gasteiger partial charge in [0.25, 0.3) is 0 Å². The van der Waals surface area contributed by atoms with Gasteiger partial charge < -0.3 is 24.7 Å². The molecule has 7 rings (SSSR count). The number of hydrogen-bond donors (Lipinski definition) is 3. The van der Waals surface area contributed by atoms with Crippen LogP contribution < -0.4 is 5.32 Å². The molecule has 4 bridgehead atoms. The van der Waals surface area contributed by atoms with Crippen molar-refractivity contribution in [3.63, 3.8) is 0 Å². The number of rotatable bonds is 5. The van der Waals surface area contributed by atoms with Crippen LogP contribution in [0.5, 0.6) is 0 Å². The molecule has 3 heterocycles. The van der Waals surface area contributed by atoms with Gasteiger partial charge in [-0.15, -0.1) is 0 Å². The lowest BCUT2D eigenvalue weighted by atomic mass is 9.52. The molecule has 5 atom stereocenters. The SMILES string of the molecule is CCOC(=O)c1nc(-c2cnc3[nH]ccc3c2N[C@@H]2C3CC4C[C@@H](C3)CC2(O)C4)no1. The minimum absolute atomic E-state index is 0.0454. The molecule has 162 valence electrons. The van der Waals surface area contributed by atoms with E-state index in [1.807, 2.05) is 12.3 Å². The van der Waals surface area contributed by atoms with Gasteiger partial charge in [0.15, 0.2) is 0 Å². The Kier molecular flexibility index (Phi) is 4.11. The van der Waals surface area contributed by atoms with Crippen molar-refractivity contribution in [2.45, 2.75) is 50.7 Å². The Hall–Kier alpha value is -2.94. The quantitative estimate of drug-likeness (QED) is 0.534. The van der Waals surface area contributed by atoms with E-state index in [-0.39, 0.29) is 24.4 Å². The van der Waals surface area contributed by atoms with E-state index >= 15 is 0 Å². The third-order valence-electron chi connectivity index (χ3n) is 7.28. The summed E-state index contributed by atoms with van der Waals surface area (Å²) in [4.78, 5) is 23.8. The first-order valence-corrected chi connectivity index (χ1v) is 11.0. The van der Waals surface area contributed by atoms with Gasteiger partial charge in [0.1, 0.15) is 5.65 Å². The van der Waals surface area contributed by atoms with E-state index in [4.69, 9.17) is 9.26 Å². The second-order valence-corrected chi connectivity index (χ2v) is 9.26. The summed E-state index contributed by atoms with van der Waals surface area (Å²) in [6.07, 6.45) is 8.77. The molecule has 9 nitrogen and oxygen atoms in total. The van der Waals surface area contributed by atoms with Crippen molar-refractivity contribution >= 4 is 22.7 Å². The van der Waals surface area contributed by atoms with Crippen LogP contribution in [-0.4, -0.2) is 49.4 Å². The second kappa shape index (κ2) is 6.78. The van der Waals surface area contributed by atoms with Crippen molar-refractivity contribution in [2.75, 3.05) is 11.9 Å². The fourth-order valence-electron chi connectivity index (χ4n) is 6.35. The van der Waals surface area contributed by atoms with Crippen molar-refractivity contribution in [1.29, 1.82) is 0 Å². The molecule has 0 saturated heterocycles. The minimum Gasteiger partial charge on any atom is -0.459 e. The number of nitrogens with zero attached hydrogens (tertiary/aromatic N) is 3. The summed E-state index contributed by atoms with van der Waals surface area (Å²) >= 11 is 0. The lowest BCUT2D eigenvalue weighted by molar-refractivity contribution is -0.133. The van der Waals surface area contributed by atoms with E-state index in [2.05, 4.69) is 25.4 Å². The van der Waals surface area contributed by atoms with Crippen LogP contribution in [0, 0.1) is 17.8 Å². The smallest absolute Gasteiger partial charge is 0.397 e. The van der Waals surface area contributed by atoms with Gasteiger partial charge in [0.05, 0.1) is 29.5 Å². The fourth-order valence-corrected chi connectivity index (χ4v) is 6.35. The molecule has 3 unspecified atom stereocenters. The van der Waals surface area contributed by atoms with Gasteiger partial charge >= 0.3 is 11.9 Å². The number of carbonyl (C=O) groups excluding carboxylic acids is 1. The molecule has 4 aliphatic rings. The van der Waals surface area contributed by atoms with E-state index in [1.165, 1.54) is 6.42 Å². The van der Waals surface area contributed by atoms with Crippen LogP contribution in [0.2, 0.25) is 0 Å². The highest BCUT2D eigenvalue weighted by atomic mass is 16.6. The normalized spacial score (nSPS) is 31.3. The summed E-state index contributed by atoms with van der Waals surface area (Å²) < 4.78 is 10.1. The third kappa shape index (κ3) is 2.94. The van der Waals surface area contributed by atoms with Crippen LogP contribution in [-0.2, 0) is 4.74 Å². The van der Waals surface area contributed by atoms with Gasteiger partial charge in [0.2, 0.25) is 5.82 Å². The molecule has 3 aromatic rings. The zero-order valence-electron chi connectivity index (χ0n) is 17.3. The predicted molar refractivity (Wildman–Crippen MR) is 111 cm³/mol. The van der Waals surface area contributed by atoms with Crippen LogP contribution >= 0.6 is 0 Å². The summed E-state index contributed by atoms with van der Waals surface area (Å²) in [6, 6.07) is 1.90. The maximum Gasteiger partial charge on any atom is 0.397 e. The monoisotopic (exact) mass is 423 g/mol. The zero-order chi connectivity index (χ0) is 21.2. The molecular weight excluding hydrogens is 398 g/mol.